The van der Waals surface area contributed by atoms with Gasteiger partial charge in [-0.25, -0.2) is 0 Å². The summed E-state index contributed by atoms with van der Waals surface area (Å²) in [5, 5.41) is 0. The Hall–Kier alpha value is -1.55. The number of aromatic nitrogens is 1. The lowest BCUT2D eigenvalue weighted by atomic mass is 10.2. The van der Waals surface area contributed by atoms with E-state index >= 15 is 0 Å². The van der Waals surface area contributed by atoms with E-state index in [0.29, 0.717) is 5.69 Å². The number of anilines is 2. The molecular formula is C13H14BrN3. The Morgan fingerprint density at radius 2 is 2.12 bits per heavy atom. The standard InChI is InChI=1S/C13H14BrN3/c1-17(13-6-12(15)7-16-8-13)9-10-3-2-4-11(14)5-10/h2-8H,9,15H2,1H3. The van der Waals surface area contributed by atoms with E-state index < -0.39 is 0 Å². The minimum Gasteiger partial charge on any atom is -0.397 e. The molecule has 0 aliphatic rings. The summed E-state index contributed by atoms with van der Waals surface area (Å²) >= 11 is 3.47. The minimum absolute atomic E-state index is 0.684. The lowest BCUT2D eigenvalue weighted by molar-refractivity contribution is 0.917. The fourth-order valence-electron chi connectivity index (χ4n) is 1.65. The summed E-state index contributed by atoms with van der Waals surface area (Å²) in [6.07, 6.45) is 3.46. The van der Waals surface area contributed by atoms with Gasteiger partial charge in [-0.1, -0.05) is 28.1 Å². The highest BCUT2D eigenvalue weighted by Crippen LogP contribution is 2.18. The highest BCUT2D eigenvalue weighted by Gasteiger charge is 2.03. The van der Waals surface area contributed by atoms with Crippen LogP contribution in [0.2, 0.25) is 0 Å². The molecule has 0 spiro atoms. The Kier molecular flexibility index (Phi) is 3.64. The van der Waals surface area contributed by atoms with Gasteiger partial charge in [0.25, 0.3) is 0 Å². The number of rotatable bonds is 3. The molecule has 1 heterocycles. The number of nitrogens with two attached hydrogens (primary N) is 1. The number of pyridine rings is 1. The number of halogens is 1. The zero-order valence-corrected chi connectivity index (χ0v) is 11.2. The molecule has 88 valence electrons. The van der Waals surface area contributed by atoms with Gasteiger partial charge in [-0.2, -0.15) is 0 Å². The van der Waals surface area contributed by atoms with Gasteiger partial charge >= 0.3 is 0 Å². The Bertz CT molecular complexity index is 514. The number of benzene rings is 1. The van der Waals surface area contributed by atoms with Crippen LogP contribution in [0, 0.1) is 0 Å². The smallest absolute Gasteiger partial charge is 0.0573 e. The average Bonchev–Trinajstić information content (AvgIpc) is 2.29. The van der Waals surface area contributed by atoms with Crippen LogP contribution < -0.4 is 10.6 Å². The second-order valence-electron chi connectivity index (χ2n) is 3.96. The highest BCUT2D eigenvalue weighted by atomic mass is 79.9. The van der Waals surface area contributed by atoms with Crippen molar-refractivity contribution in [3.8, 4) is 0 Å². The molecule has 2 rings (SSSR count). The van der Waals surface area contributed by atoms with Gasteiger partial charge in [-0.05, 0) is 23.8 Å². The van der Waals surface area contributed by atoms with E-state index in [4.69, 9.17) is 5.73 Å². The van der Waals surface area contributed by atoms with E-state index in [1.54, 1.807) is 6.20 Å². The average molecular weight is 292 g/mol. The second kappa shape index (κ2) is 5.19. The quantitative estimate of drug-likeness (QED) is 0.945. The first-order chi connectivity index (χ1) is 8.15. The number of hydrogen-bond acceptors (Lipinski definition) is 3. The van der Waals surface area contributed by atoms with Gasteiger partial charge in [0.2, 0.25) is 0 Å². The largest absolute Gasteiger partial charge is 0.397 e. The van der Waals surface area contributed by atoms with E-state index in [1.807, 2.05) is 31.4 Å². The third-order valence-electron chi connectivity index (χ3n) is 2.49. The normalized spacial score (nSPS) is 10.2. The third-order valence-corrected chi connectivity index (χ3v) is 2.99. The Labute approximate surface area is 109 Å². The first-order valence-electron chi connectivity index (χ1n) is 5.31. The molecule has 4 heteroatoms. The van der Waals surface area contributed by atoms with E-state index in [1.165, 1.54) is 5.56 Å². The maximum Gasteiger partial charge on any atom is 0.0573 e. The third kappa shape index (κ3) is 3.20. The molecule has 0 radical (unpaired) electrons. The number of nitrogens with zero attached hydrogens (tertiary/aromatic N) is 2. The molecule has 0 atom stereocenters. The predicted octanol–water partition coefficient (Wildman–Crippen LogP) is 3.06. The van der Waals surface area contributed by atoms with Gasteiger partial charge in [-0.15, -0.1) is 0 Å². The molecule has 2 aromatic rings. The second-order valence-corrected chi connectivity index (χ2v) is 4.88. The lowest BCUT2D eigenvalue weighted by Crippen LogP contribution is -2.16. The molecule has 0 aliphatic carbocycles. The van der Waals surface area contributed by atoms with E-state index in [0.717, 1.165) is 16.7 Å². The van der Waals surface area contributed by atoms with Crippen molar-refractivity contribution in [2.75, 3.05) is 17.7 Å². The van der Waals surface area contributed by atoms with Crippen molar-refractivity contribution in [3.05, 3.63) is 52.8 Å². The van der Waals surface area contributed by atoms with Gasteiger partial charge in [0.15, 0.2) is 0 Å². The molecular weight excluding hydrogens is 278 g/mol. The van der Waals surface area contributed by atoms with Crippen LogP contribution in [0.25, 0.3) is 0 Å². The summed E-state index contributed by atoms with van der Waals surface area (Å²) in [4.78, 5) is 6.20. The van der Waals surface area contributed by atoms with E-state index in [2.05, 4.69) is 37.9 Å². The zero-order valence-electron chi connectivity index (χ0n) is 9.60. The Balaban J connectivity index is 2.14. The summed E-state index contributed by atoms with van der Waals surface area (Å²) in [5.74, 6) is 0. The molecule has 17 heavy (non-hydrogen) atoms. The van der Waals surface area contributed by atoms with E-state index in [-0.39, 0.29) is 0 Å². The Morgan fingerprint density at radius 1 is 1.29 bits per heavy atom. The van der Waals surface area contributed by atoms with Gasteiger partial charge < -0.3 is 10.6 Å². The summed E-state index contributed by atoms with van der Waals surface area (Å²) in [5.41, 5.74) is 8.66. The van der Waals surface area contributed by atoms with Crippen LogP contribution in [0.5, 0.6) is 0 Å². The lowest BCUT2D eigenvalue weighted by Gasteiger charge is -2.19. The molecule has 0 saturated carbocycles. The van der Waals surface area contributed by atoms with Crippen molar-refractivity contribution >= 4 is 27.3 Å². The monoisotopic (exact) mass is 291 g/mol. The van der Waals surface area contributed by atoms with Crippen molar-refractivity contribution in [1.82, 2.24) is 4.98 Å². The van der Waals surface area contributed by atoms with Gasteiger partial charge in [0.1, 0.15) is 0 Å². The van der Waals surface area contributed by atoms with Gasteiger partial charge in [0.05, 0.1) is 17.6 Å². The van der Waals surface area contributed by atoms with Crippen LogP contribution in [-0.2, 0) is 6.54 Å². The van der Waals surface area contributed by atoms with Crippen LogP contribution in [0.3, 0.4) is 0 Å². The van der Waals surface area contributed by atoms with Crippen molar-refractivity contribution in [2.45, 2.75) is 6.54 Å². The highest BCUT2D eigenvalue weighted by molar-refractivity contribution is 9.10. The van der Waals surface area contributed by atoms with Crippen molar-refractivity contribution in [2.24, 2.45) is 0 Å². The maximum atomic E-state index is 5.72. The molecule has 0 fully saturated rings. The van der Waals surface area contributed by atoms with Gasteiger partial charge in [0, 0.05) is 24.3 Å². The first kappa shape index (κ1) is 11.9. The molecule has 0 saturated heterocycles. The van der Waals surface area contributed by atoms with Crippen LogP contribution >= 0.6 is 15.9 Å². The van der Waals surface area contributed by atoms with Crippen molar-refractivity contribution in [3.63, 3.8) is 0 Å². The summed E-state index contributed by atoms with van der Waals surface area (Å²) < 4.78 is 1.09. The zero-order chi connectivity index (χ0) is 12.3. The molecule has 0 aliphatic heterocycles. The summed E-state index contributed by atoms with van der Waals surface area (Å²) in [7, 11) is 2.03. The molecule has 1 aromatic carbocycles. The van der Waals surface area contributed by atoms with Crippen LogP contribution in [0.4, 0.5) is 11.4 Å². The summed E-state index contributed by atoms with van der Waals surface area (Å²) in [6.45, 7) is 0.824. The van der Waals surface area contributed by atoms with Crippen LogP contribution in [-0.4, -0.2) is 12.0 Å². The first-order valence-corrected chi connectivity index (χ1v) is 6.10. The molecule has 3 nitrogen and oxygen atoms in total. The molecule has 1 aromatic heterocycles. The number of hydrogen-bond donors (Lipinski definition) is 1. The molecule has 0 unspecified atom stereocenters. The summed E-state index contributed by atoms with van der Waals surface area (Å²) in [6, 6.07) is 10.2. The molecule has 0 bridgehead atoms. The fourth-order valence-corrected chi connectivity index (χ4v) is 2.10. The van der Waals surface area contributed by atoms with Crippen molar-refractivity contribution < 1.29 is 0 Å². The maximum absolute atomic E-state index is 5.72. The van der Waals surface area contributed by atoms with Crippen molar-refractivity contribution in [1.29, 1.82) is 0 Å². The molecule has 0 amide bonds. The fraction of sp³-hybridized carbons (Fsp3) is 0.154. The predicted molar refractivity (Wildman–Crippen MR) is 74.9 cm³/mol. The topological polar surface area (TPSA) is 42.2 Å². The van der Waals surface area contributed by atoms with E-state index in [9.17, 15) is 0 Å². The van der Waals surface area contributed by atoms with Crippen LogP contribution in [0.1, 0.15) is 5.56 Å². The SMILES string of the molecule is CN(Cc1cccc(Br)c1)c1cncc(N)c1. The minimum atomic E-state index is 0.684. The van der Waals surface area contributed by atoms with Gasteiger partial charge in [-0.3, -0.25) is 4.98 Å². The van der Waals surface area contributed by atoms with Crippen LogP contribution in [0.15, 0.2) is 47.2 Å². The number of nitrogen functional groups attached to an aromatic ring is 1. The Morgan fingerprint density at radius 3 is 2.82 bits per heavy atom. The molecule has 2 N–H and O–H groups in total.